The molecule has 0 saturated carbocycles. The second-order valence-corrected chi connectivity index (χ2v) is 8.78. The maximum atomic E-state index is 12.1. The van der Waals surface area contributed by atoms with Crippen molar-refractivity contribution in [1.29, 1.82) is 0 Å². The summed E-state index contributed by atoms with van der Waals surface area (Å²) in [6.45, 7) is 4.23. The number of allylic oxidation sites excluding steroid dienone is 3. The molecule has 5 nitrogen and oxygen atoms in total. The summed E-state index contributed by atoms with van der Waals surface area (Å²) in [5.41, 5.74) is 5.80. The first kappa shape index (κ1) is 21.8. The molecule has 0 radical (unpaired) electrons. The van der Waals surface area contributed by atoms with Crippen LogP contribution in [0, 0.1) is 5.92 Å². The van der Waals surface area contributed by atoms with E-state index < -0.39 is 5.54 Å². The molecule has 1 amide bonds. The summed E-state index contributed by atoms with van der Waals surface area (Å²) in [4.78, 5) is 33.7. The summed E-state index contributed by atoms with van der Waals surface area (Å²) in [6, 6.07) is 11.1. The molecule has 164 valence electrons. The first-order valence-electron chi connectivity index (χ1n) is 10.9. The fourth-order valence-electron chi connectivity index (χ4n) is 4.97. The van der Waals surface area contributed by atoms with E-state index in [0.717, 1.165) is 29.7 Å². The molecule has 5 heteroatoms. The van der Waals surface area contributed by atoms with Gasteiger partial charge in [-0.1, -0.05) is 35.9 Å². The number of benzene rings is 1. The standard InChI is InChI=1S/C27H29N3O2/c1-5-22-21-15-18(2)17-27(22,23-12-13-25(31)29-24(23)16-21)28-14-6-7-19-8-10-20(11-9-19)26(32)30(3)4/h5-15,21H,16-17H2,1-4H3,(H,29,31)/b7-6?,22-5+,28-14?/t21-,27+/m0/s1. The number of pyridine rings is 1. The number of nitrogens with one attached hydrogen (secondary N) is 1. The van der Waals surface area contributed by atoms with Gasteiger partial charge in [0.15, 0.2) is 0 Å². The molecule has 1 N–H and O–H groups in total. The van der Waals surface area contributed by atoms with Gasteiger partial charge >= 0.3 is 0 Å². The van der Waals surface area contributed by atoms with Crippen molar-refractivity contribution in [2.75, 3.05) is 14.1 Å². The van der Waals surface area contributed by atoms with Crippen LogP contribution in [0.15, 0.2) is 75.6 Å². The topological polar surface area (TPSA) is 65.5 Å². The highest BCUT2D eigenvalue weighted by Crippen LogP contribution is 2.51. The van der Waals surface area contributed by atoms with Crippen molar-refractivity contribution >= 4 is 18.2 Å². The van der Waals surface area contributed by atoms with Crippen molar-refractivity contribution in [3.63, 3.8) is 0 Å². The molecule has 0 fully saturated rings. The molecule has 0 aliphatic heterocycles. The second-order valence-electron chi connectivity index (χ2n) is 8.78. The molecule has 0 saturated heterocycles. The fourth-order valence-corrected chi connectivity index (χ4v) is 4.97. The van der Waals surface area contributed by atoms with E-state index in [-0.39, 0.29) is 17.4 Å². The predicted octanol–water partition coefficient (Wildman–Crippen LogP) is 4.52. The van der Waals surface area contributed by atoms with Crippen molar-refractivity contribution < 1.29 is 4.79 Å². The number of fused-ring (bicyclic) bond motifs is 4. The van der Waals surface area contributed by atoms with Gasteiger partial charge < -0.3 is 9.88 Å². The molecule has 2 atom stereocenters. The number of aromatic amines is 1. The van der Waals surface area contributed by atoms with Crippen LogP contribution in [-0.2, 0) is 12.0 Å². The summed E-state index contributed by atoms with van der Waals surface area (Å²) in [6.07, 6.45) is 11.9. The normalized spacial score (nSPS) is 23.4. The van der Waals surface area contributed by atoms with Gasteiger partial charge in [-0.25, -0.2) is 0 Å². The molecular weight excluding hydrogens is 398 g/mol. The molecule has 1 heterocycles. The minimum Gasteiger partial charge on any atom is -0.345 e. The summed E-state index contributed by atoms with van der Waals surface area (Å²) in [5, 5.41) is 0. The highest BCUT2D eigenvalue weighted by molar-refractivity contribution is 5.94. The lowest BCUT2D eigenvalue weighted by atomic mass is 9.63. The Kier molecular flexibility index (Phi) is 5.83. The van der Waals surface area contributed by atoms with Crippen LogP contribution >= 0.6 is 0 Å². The van der Waals surface area contributed by atoms with Crippen molar-refractivity contribution in [2.45, 2.75) is 32.2 Å². The summed E-state index contributed by atoms with van der Waals surface area (Å²) in [5.74, 6) is 0.242. The Balaban J connectivity index is 1.65. The molecule has 4 rings (SSSR count). The number of hydrogen-bond donors (Lipinski definition) is 1. The number of nitrogens with zero attached hydrogens (tertiary/aromatic N) is 2. The third kappa shape index (κ3) is 3.91. The van der Waals surface area contributed by atoms with Crippen molar-refractivity contribution in [1.82, 2.24) is 9.88 Å². The lowest BCUT2D eigenvalue weighted by Crippen LogP contribution is -2.40. The third-order valence-corrected chi connectivity index (χ3v) is 6.31. The molecule has 2 aliphatic carbocycles. The largest absolute Gasteiger partial charge is 0.345 e. The van der Waals surface area contributed by atoms with Crippen LogP contribution in [0.5, 0.6) is 0 Å². The Bertz CT molecular complexity index is 1210. The van der Waals surface area contributed by atoms with E-state index >= 15 is 0 Å². The zero-order chi connectivity index (χ0) is 22.9. The Labute approximate surface area is 188 Å². The smallest absolute Gasteiger partial charge is 0.253 e. The van der Waals surface area contributed by atoms with E-state index in [2.05, 4.69) is 31.0 Å². The fraction of sp³-hybridized carbons (Fsp3) is 0.296. The minimum absolute atomic E-state index is 0.00985. The second kappa shape index (κ2) is 8.58. The van der Waals surface area contributed by atoms with Crippen LogP contribution < -0.4 is 5.56 Å². The van der Waals surface area contributed by atoms with E-state index in [1.165, 1.54) is 11.1 Å². The van der Waals surface area contributed by atoms with Gasteiger partial charge in [0.2, 0.25) is 5.56 Å². The number of H-pyrrole nitrogens is 1. The number of hydrogen-bond acceptors (Lipinski definition) is 3. The van der Waals surface area contributed by atoms with Gasteiger partial charge in [-0.05, 0) is 55.7 Å². The van der Waals surface area contributed by atoms with Crippen molar-refractivity contribution in [3.8, 4) is 0 Å². The van der Waals surface area contributed by atoms with Gasteiger partial charge in [0.1, 0.15) is 5.54 Å². The highest BCUT2D eigenvalue weighted by Gasteiger charge is 2.46. The van der Waals surface area contributed by atoms with Gasteiger partial charge in [0, 0.05) is 55.5 Å². The number of amides is 1. The summed E-state index contributed by atoms with van der Waals surface area (Å²) in [7, 11) is 3.49. The van der Waals surface area contributed by atoms with Gasteiger partial charge in [0.25, 0.3) is 5.91 Å². The first-order chi connectivity index (χ1) is 15.3. The van der Waals surface area contributed by atoms with Gasteiger partial charge in [-0.2, -0.15) is 0 Å². The Morgan fingerprint density at radius 1 is 1.19 bits per heavy atom. The van der Waals surface area contributed by atoms with Gasteiger partial charge in [-0.3, -0.25) is 14.6 Å². The average molecular weight is 428 g/mol. The maximum Gasteiger partial charge on any atom is 0.253 e. The molecular formula is C27H29N3O2. The molecule has 32 heavy (non-hydrogen) atoms. The van der Waals surface area contributed by atoms with E-state index in [0.29, 0.717) is 5.56 Å². The average Bonchev–Trinajstić information content (AvgIpc) is 2.76. The van der Waals surface area contributed by atoms with E-state index in [9.17, 15) is 9.59 Å². The Morgan fingerprint density at radius 3 is 2.62 bits per heavy atom. The molecule has 2 aliphatic rings. The van der Waals surface area contributed by atoms with Crippen LogP contribution in [0.3, 0.4) is 0 Å². The van der Waals surface area contributed by atoms with E-state index in [1.54, 1.807) is 25.1 Å². The quantitative estimate of drug-likeness (QED) is 0.576. The molecule has 2 bridgehead atoms. The molecule has 0 spiro atoms. The van der Waals surface area contributed by atoms with Crippen LogP contribution in [0.1, 0.15) is 47.4 Å². The van der Waals surface area contributed by atoms with Crippen molar-refractivity contribution in [3.05, 3.63) is 98.5 Å². The summed E-state index contributed by atoms with van der Waals surface area (Å²) < 4.78 is 0. The van der Waals surface area contributed by atoms with Crippen LogP contribution in [0.4, 0.5) is 0 Å². The maximum absolute atomic E-state index is 12.1. The summed E-state index contributed by atoms with van der Waals surface area (Å²) >= 11 is 0. The van der Waals surface area contributed by atoms with Gasteiger partial charge in [0.05, 0.1) is 0 Å². The molecule has 0 unspecified atom stereocenters. The van der Waals surface area contributed by atoms with E-state index in [4.69, 9.17) is 4.99 Å². The first-order valence-corrected chi connectivity index (χ1v) is 10.9. The van der Waals surface area contributed by atoms with Crippen LogP contribution in [0.2, 0.25) is 0 Å². The zero-order valence-corrected chi connectivity index (χ0v) is 19.1. The van der Waals surface area contributed by atoms with Crippen molar-refractivity contribution in [2.24, 2.45) is 10.9 Å². The Hall–Kier alpha value is -3.47. The monoisotopic (exact) mass is 427 g/mol. The van der Waals surface area contributed by atoms with E-state index in [1.807, 2.05) is 48.7 Å². The SMILES string of the molecule is C/C=C1\[C@H]2C=C(C)C[C@]1(N=CC=Cc1ccc(C(=O)N(C)C)cc1)c1ccc(=O)[nH]c1C2. The predicted molar refractivity (Wildman–Crippen MR) is 130 cm³/mol. The zero-order valence-electron chi connectivity index (χ0n) is 19.1. The lowest BCUT2D eigenvalue weighted by Gasteiger charge is -2.45. The number of aromatic nitrogens is 1. The third-order valence-electron chi connectivity index (χ3n) is 6.31. The number of carbonyl (C=O) groups excluding carboxylic acids is 1. The lowest BCUT2D eigenvalue weighted by molar-refractivity contribution is 0.0827. The molecule has 1 aromatic carbocycles. The number of carbonyl (C=O) groups is 1. The Morgan fingerprint density at radius 2 is 1.94 bits per heavy atom. The van der Waals surface area contributed by atoms with Gasteiger partial charge in [-0.15, -0.1) is 0 Å². The number of aliphatic imine (C=N–C) groups is 1. The highest BCUT2D eigenvalue weighted by atomic mass is 16.2. The van der Waals surface area contributed by atoms with Crippen LogP contribution in [0.25, 0.3) is 6.08 Å². The molecule has 2 aromatic rings. The van der Waals surface area contributed by atoms with Crippen LogP contribution in [-0.4, -0.2) is 36.1 Å². The number of rotatable bonds is 4. The minimum atomic E-state index is -0.484. The molecule has 1 aromatic heterocycles.